The maximum Gasteiger partial charge on any atom is 0.278 e. The van der Waals surface area contributed by atoms with Crippen molar-refractivity contribution in [2.24, 2.45) is 0 Å². The molecule has 3 aromatic rings. The molecule has 0 atom stereocenters. The van der Waals surface area contributed by atoms with Crippen LogP contribution in [0.3, 0.4) is 0 Å². The summed E-state index contributed by atoms with van der Waals surface area (Å²) < 4.78 is 1.39. The molecule has 4 nitrogen and oxygen atoms in total. The van der Waals surface area contributed by atoms with E-state index in [0.29, 0.717) is 9.16 Å². The lowest BCUT2D eigenvalue weighted by Crippen LogP contribution is -2.21. The van der Waals surface area contributed by atoms with Crippen molar-refractivity contribution < 1.29 is 4.43 Å². The molecule has 3 rings (SSSR count). The van der Waals surface area contributed by atoms with Crippen LogP contribution in [-0.2, 0) is 0 Å². The SMILES string of the molecule is O=[n+]1cc(/C=C\c2ccccc2)n([O-])cc1/C=C/c1ccccc1. The molecule has 0 saturated heterocycles. The van der Waals surface area contributed by atoms with Gasteiger partial charge in [0.05, 0.1) is 10.6 Å². The summed E-state index contributed by atoms with van der Waals surface area (Å²) in [6.45, 7) is 0. The number of hydrogen-bond donors (Lipinski definition) is 0. The molecular formula is C20H16N2O2. The summed E-state index contributed by atoms with van der Waals surface area (Å²) >= 11 is 0. The molecule has 0 aliphatic rings. The van der Waals surface area contributed by atoms with Gasteiger partial charge < -0.3 is 9.94 Å². The Morgan fingerprint density at radius 3 is 1.92 bits per heavy atom. The molecule has 0 N–H and O–H groups in total. The minimum Gasteiger partial charge on any atom is -0.805 e. The molecule has 0 fully saturated rings. The van der Waals surface area contributed by atoms with Crippen LogP contribution in [-0.4, -0.2) is 4.73 Å². The van der Waals surface area contributed by atoms with Crippen LogP contribution in [0.2, 0.25) is 0 Å². The standard InChI is InChI=1S/C20H16N2O2/c23-21-16-20(14-12-18-9-5-2-6-10-18)22(24)15-19(21)13-11-17-7-3-1-4-8-17/h1-16H/b13-11-,14-12+. The summed E-state index contributed by atoms with van der Waals surface area (Å²) in [7, 11) is 0. The van der Waals surface area contributed by atoms with E-state index in [0.717, 1.165) is 11.1 Å². The third kappa shape index (κ3) is 3.87. The average Bonchev–Trinajstić information content (AvgIpc) is 2.62. The van der Waals surface area contributed by atoms with Crippen LogP contribution in [0.4, 0.5) is 0 Å². The van der Waals surface area contributed by atoms with Crippen molar-refractivity contribution in [3.8, 4) is 0 Å². The molecule has 4 heteroatoms. The topological polar surface area (TPSA) is 51.0 Å². The van der Waals surface area contributed by atoms with Gasteiger partial charge in [-0.3, -0.25) is 0 Å². The van der Waals surface area contributed by atoms with Gasteiger partial charge in [0.25, 0.3) is 11.9 Å². The van der Waals surface area contributed by atoms with Gasteiger partial charge in [-0.15, -0.1) is 0 Å². The van der Waals surface area contributed by atoms with Gasteiger partial charge in [0.1, 0.15) is 5.69 Å². The van der Waals surface area contributed by atoms with E-state index in [1.54, 1.807) is 24.3 Å². The molecule has 0 saturated carbocycles. The number of nitrogens with zero attached hydrogens (tertiary/aromatic N) is 2. The summed E-state index contributed by atoms with van der Waals surface area (Å²) in [5.74, 6) is 0. The van der Waals surface area contributed by atoms with Gasteiger partial charge in [-0.2, -0.15) is 0 Å². The highest BCUT2D eigenvalue weighted by Crippen LogP contribution is 2.09. The van der Waals surface area contributed by atoms with Crippen LogP contribution in [0, 0.1) is 10.1 Å². The smallest absolute Gasteiger partial charge is 0.278 e. The monoisotopic (exact) mass is 316 g/mol. The van der Waals surface area contributed by atoms with Gasteiger partial charge in [0.2, 0.25) is 0 Å². The maximum absolute atomic E-state index is 12.1. The predicted molar refractivity (Wildman–Crippen MR) is 97.3 cm³/mol. The highest BCUT2D eigenvalue weighted by molar-refractivity contribution is 5.69. The molecular weight excluding hydrogens is 300 g/mol. The molecule has 118 valence electrons. The fraction of sp³-hybridized carbons (Fsp3) is 0. The fourth-order valence-corrected chi connectivity index (χ4v) is 2.23. The zero-order valence-corrected chi connectivity index (χ0v) is 12.9. The normalized spacial score (nSPS) is 11.3. The van der Waals surface area contributed by atoms with E-state index in [9.17, 15) is 10.1 Å². The zero-order chi connectivity index (χ0) is 16.8. The zero-order valence-electron chi connectivity index (χ0n) is 12.9. The Bertz CT molecular complexity index is 927. The molecule has 0 unspecified atom stereocenters. The minimum atomic E-state index is 0.283. The van der Waals surface area contributed by atoms with Crippen LogP contribution in [0.25, 0.3) is 24.3 Å². The van der Waals surface area contributed by atoms with Crippen LogP contribution in [0.15, 0.2) is 73.1 Å². The second-order valence-electron chi connectivity index (χ2n) is 5.25. The van der Waals surface area contributed by atoms with Gasteiger partial charge in [0, 0.05) is 11.0 Å². The second-order valence-corrected chi connectivity index (χ2v) is 5.25. The lowest BCUT2D eigenvalue weighted by atomic mass is 10.2. The molecule has 1 aromatic heterocycles. The molecule has 0 spiro atoms. The number of rotatable bonds is 4. The van der Waals surface area contributed by atoms with Crippen molar-refractivity contribution in [1.82, 2.24) is 4.73 Å². The Balaban J connectivity index is 1.85. The summed E-state index contributed by atoms with van der Waals surface area (Å²) in [6.07, 6.45) is 9.39. The van der Waals surface area contributed by atoms with Crippen LogP contribution in [0.5, 0.6) is 0 Å². The van der Waals surface area contributed by atoms with E-state index in [-0.39, 0.29) is 11.4 Å². The van der Waals surface area contributed by atoms with E-state index in [1.165, 1.54) is 12.4 Å². The summed E-state index contributed by atoms with van der Waals surface area (Å²) in [4.78, 5) is 12.1. The summed E-state index contributed by atoms with van der Waals surface area (Å²) in [5.41, 5.74) is 2.49. The van der Waals surface area contributed by atoms with Gasteiger partial charge in [-0.1, -0.05) is 66.7 Å². The number of benzene rings is 2. The second kappa shape index (κ2) is 7.24. The van der Waals surface area contributed by atoms with E-state index < -0.39 is 0 Å². The molecule has 0 aliphatic heterocycles. The Morgan fingerprint density at radius 1 is 0.792 bits per heavy atom. The molecule has 2 aromatic carbocycles. The van der Waals surface area contributed by atoms with E-state index in [2.05, 4.69) is 0 Å². The summed E-state index contributed by atoms with van der Waals surface area (Å²) in [6, 6.07) is 19.2. The molecule has 24 heavy (non-hydrogen) atoms. The van der Waals surface area contributed by atoms with Crippen molar-refractivity contribution >= 4 is 24.3 Å². The predicted octanol–water partition coefficient (Wildman–Crippen LogP) is 4.09. The van der Waals surface area contributed by atoms with Crippen molar-refractivity contribution in [3.63, 3.8) is 0 Å². The molecule has 0 bridgehead atoms. The van der Waals surface area contributed by atoms with Crippen LogP contribution in [0.1, 0.15) is 22.5 Å². The van der Waals surface area contributed by atoms with Crippen LogP contribution >= 0.6 is 0 Å². The molecule has 0 amide bonds. The summed E-state index contributed by atoms with van der Waals surface area (Å²) in [5, 5.41) is 12.1. The largest absolute Gasteiger partial charge is 0.805 e. The van der Waals surface area contributed by atoms with Gasteiger partial charge >= 0.3 is 0 Å². The Kier molecular flexibility index (Phi) is 4.68. The molecule has 0 aliphatic carbocycles. The third-order valence-electron chi connectivity index (χ3n) is 3.50. The number of aromatic nitrogens is 2. The lowest BCUT2D eigenvalue weighted by molar-refractivity contribution is -0.498. The number of hydrogen-bond acceptors (Lipinski definition) is 2. The quantitative estimate of drug-likeness (QED) is 0.681. The van der Waals surface area contributed by atoms with Crippen molar-refractivity contribution in [3.05, 3.63) is 106 Å². The fourth-order valence-electron chi connectivity index (χ4n) is 2.23. The highest BCUT2D eigenvalue weighted by atomic mass is 16.5. The minimum absolute atomic E-state index is 0.283. The average molecular weight is 316 g/mol. The first-order valence-corrected chi connectivity index (χ1v) is 7.55. The molecule has 1 heterocycles. The third-order valence-corrected chi connectivity index (χ3v) is 3.50. The van der Waals surface area contributed by atoms with Crippen LogP contribution < -0.4 is 4.43 Å². The van der Waals surface area contributed by atoms with Gasteiger partial charge in [0.15, 0.2) is 0 Å². The Morgan fingerprint density at radius 2 is 1.33 bits per heavy atom. The van der Waals surface area contributed by atoms with E-state index in [4.69, 9.17) is 0 Å². The first kappa shape index (κ1) is 15.5. The van der Waals surface area contributed by atoms with Gasteiger partial charge in [-0.05, 0) is 23.3 Å². The Hall–Kier alpha value is -3.40. The van der Waals surface area contributed by atoms with Gasteiger partial charge in [-0.25, -0.2) is 0 Å². The van der Waals surface area contributed by atoms with Crippen molar-refractivity contribution in [2.75, 3.05) is 0 Å². The maximum atomic E-state index is 12.1. The first-order valence-electron chi connectivity index (χ1n) is 7.55. The van der Waals surface area contributed by atoms with E-state index >= 15 is 0 Å². The first-order chi connectivity index (χ1) is 11.7. The lowest BCUT2D eigenvalue weighted by Gasteiger charge is -2.11. The van der Waals surface area contributed by atoms with E-state index in [1.807, 2.05) is 60.7 Å². The molecule has 0 radical (unpaired) electrons. The highest BCUT2D eigenvalue weighted by Gasteiger charge is 2.06. The van der Waals surface area contributed by atoms with Crippen molar-refractivity contribution in [2.45, 2.75) is 0 Å². The Labute approximate surface area is 139 Å². The van der Waals surface area contributed by atoms with Crippen molar-refractivity contribution in [1.29, 1.82) is 0 Å².